The summed E-state index contributed by atoms with van der Waals surface area (Å²) >= 11 is 0. The zero-order chi connectivity index (χ0) is 13.0. The largest absolute Gasteiger partial charge is 0.504 e. The van der Waals surface area contributed by atoms with E-state index in [1.165, 1.54) is 0 Å². The molecule has 0 aliphatic rings. The van der Waals surface area contributed by atoms with E-state index in [0.717, 1.165) is 5.56 Å². The molecule has 0 atom stereocenters. The second-order valence-corrected chi connectivity index (χ2v) is 3.79. The fraction of sp³-hybridized carbons (Fsp3) is 0.133. The van der Waals surface area contributed by atoms with E-state index in [0.29, 0.717) is 24.2 Å². The summed E-state index contributed by atoms with van der Waals surface area (Å²) in [6.45, 7) is 2.27. The van der Waals surface area contributed by atoms with Crippen molar-refractivity contribution < 1.29 is 14.6 Å². The Hall–Kier alpha value is -2.29. The highest BCUT2D eigenvalue weighted by atomic mass is 16.5. The second-order valence-electron chi connectivity index (χ2n) is 3.79. The zero-order valence-electron chi connectivity index (χ0n) is 10.1. The van der Waals surface area contributed by atoms with E-state index in [1.54, 1.807) is 12.1 Å². The Labute approximate surface area is 106 Å². The molecule has 0 bridgehead atoms. The number of ether oxygens (including phenoxy) is 1. The molecule has 0 aromatic heterocycles. The number of phenols is 1. The Kier molecular flexibility index (Phi) is 3.63. The fourth-order valence-corrected chi connectivity index (χ4v) is 1.85. The lowest BCUT2D eigenvalue weighted by Gasteiger charge is -2.11. The van der Waals surface area contributed by atoms with Gasteiger partial charge >= 0.3 is 0 Å². The molecule has 0 radical (unpaired) electrons. The molecule has 0 unspecified atom stereocenters. The predicted octanol–water partition coefficient (Wildman–Crippen LogP) is 3.27. The van der Waals surface area contributed by atoms with Crippen molar-refractivity contribution >= 4 is 6.29 Å². The summed E-state index contributed by atoms with van der Waals surface area (Å²) < 4.78 is 5.26. The molecule has 92 valence electrons. The molecule has 2 aromatic rings. The molecule has 0 spiro atoms. The highest BCUT2D eigenvalue weighted by molar-refractivity contribution is 5.92. The van der Waals surface area contributed by atoms with Crippen LogP contribution in [0.5, 0.6) is 11.5 Å². The molecule has 0 fully saturated rings. The molecule has 0 aliphatic carbocycles. The molecule has 1 N–H and O–H groups in total. The molecule has 0 amide bonds. The standard InChI is InChI=1S/C15H14O3/c1-2-18-14-9-8-12(13(10-16)15(14)17)11-6-4-3-5-7-11/h3-10,17H,2H2,1H3. The van der Waals surface area contributed by atoms with Crippen LogP contribution in [0.1, 0.15) is 17.3 Å². The minimum absolute atomic E-state index is 0.104. The maximum atomic E-state index is 11.2. The van der Waals surface area contributed by atoms with Crippen molar-refractivity contribution in [1.82, 2.24) is 0 Å². The number of aromatic hydroxyl groups is 1. The van der Waals surface area contributed by atoms with Crippen molar-refractivity contribution in [2.24, 2.45) is 0 Å². The molecule has 2 aromatic carbocycles. The topological polar surface area (TPSA) is 46.5 Å². The van der Waals surface area contributed by atoms with Gasteiger partial charge in [-0.1, -0.05) is 30.3 Å². The minimum atomic E-state index is -0.104. The van der Waals surface area contributed by atoms with Crippen LogP contribution in [0.2, 0.25) is 0 Å². The summed E-state index contributed by atoms with van der Waals surface area (Å²) in [7, 11) is 0. The minimum Gasteiger partial charge on any atom is -0.504 e. The zero-order valence-corrected chi connectivity index (χ0v) is 10.1. The van der Waals surface area contributed by atoms with E-state index < -0.39 is 0 Å². The highest BCUT2D eigenvalue weighted by Gasteiger charge is 2.13. The van der Waals surface area contributed by atoms with Crippen molar-refractivity contribution in [3.63, 3.8) is 0 Å². The molecule has 0 aliphatic heterocycles. The Balaban J connectivity index is 2.56. The lowest BCUT2D eigenvalue weighted by atomic mass is 9.99. The maximum Gasteiger partial charge on any atom is 0.169 e. The van der Waals surface area contributed by atoms with E-state index in [-0.39, 0.29) is 11.3 Å². The van der Waals surface area contributed by atoms with E-state index in [2.05, 4.69) is 0 Å². The first kappa shape index (κ1) is 12.2. The number of carbonyl (C=O) groups is 1. The molecule has 18 heavy (non-hydrogen) atoms. The first-order valence-electron chi connectivity index (χ1n) is 5.77. The third kappa shape index (κ3) is 2.20. The van der Waals surface area contributed by atoms with Crippen molar-refractivity contribution in [1.29, 1.82) is 0 Å². The third-order valence-corrected chi connectivity index (χ3v) is 2.68. The number of hydrogen-bond acceptors (Lipinski definition) is 3. The van der Waals surface area contributed by atoms with Gasteiger partial charge in [0.1, 0.15) is 0 Å². The average molecular weight is 242 g/mol. The molecule has 3 nitrogen and oxygen atoms in total. The first-order valence-corrected chi connectivity index (χ1v) is 5.77. The first-order chi connectivity index (χ1) is 8.77. The molecular weight excluding hydrogens is 228 g/mol. The summed E-state index contributed by atoms with van der Waals surface area (Å²) in [6, 6.07) is 12.9. The summed E-state index contributed by atoms with van der Waals surface area (Å²) in [5, 5.41) is 10.0. The van der Waals surface area contributed by atoms with Gasteiger partial charge in [0.15, 0.2) is 17.8 Å². The summed E-state index contributed by atoms with van der Waals surface area (Å²) in [6.07, 6.45) is 0.653. The van der Waals surface area contributed by atoms with E-state index >= 15 is 0 Å². The average Bonchev–Trinajstić information content (AvgIpc) is 2.42. The molecular formula is C15H14O3. The van der Waals surface area contributed by atoms with Gasteiger partial charge in [-0.2, -0.15) is 0 Å². The number of hydrogen-bond donors (Lipinski definition) is 1. The number of aldehydes is 1. The van der Waals surface area contributed by atoms with Crippen LogP contribution < -0.4 is 4.74 Å². The highest BCUT2D eigenvalue weighted by Crippen LogP contribution is 2.36. The van der Waals surface area contributed by atoms with Gasteiger partial charge in [0, 0.05) is 0 Å². The van der Waals surface area contributed by atoms with Gasteiger partial charge in [-0.3, -0.25) is 4.79 Å². The van der Waals surface area contributed by atoms with Gasteiger partial charge in [-0.05, 0) is 30.2 Å². The summed E-state index contributed by atoms with van der Waals surface area (Å²) in [5.74, 6) is 0.229. The second kappa shape index (κ2) is 5.36. The van der Waals surface area contributed by atoms with Gasteiger partial charge < -0.3 is 9.84 Å². The monoisotopic (exact) mass is 242 g/mol. The van der Waals surface area contributed by atoms with Crippen molar-refractivity contribution in [2.75, 3.05) is 6.61 Å². The van der Waals surface area contributed by atoms with Gasteiger partial charge in [0.25, 0.3) is 0 Å². The van der Waals surface area contributed by atoms with Gasteiger partial charge in [-0.15, -0.1) is 0 Å². The maximum absolute atomic E-state index is 11.2. The summed E-state index contributed by atoms with van der Waals surface area (Å²) in [5.41, 5.74) is 1.84. The molecule has 0 saturated carbocycles. The van der Waals surface area contributed by atoms with Crippen LogP contribution in [0.3, 0.4) is 0 Å². The molecule has 3 heteroatoms. The van der Waals surface area contributed by atoms with Gasteiger partial charge in [0.05, 0.1) is 12.2 Å². The Morgan fingerprint density at radius 2 is 1.89 bits per heavy atom. The van der Waals surface area contributed by atoms with Crippen molar-refractivity contribution in [3.05, 3.63) is 48.0 Å². The molecule has 0 saturated heterocycles. The van der Waals surface area contributed by atoms with Crippen LogP contribution in [0.15, 0.2) is 42.5 Å². The summed E-state index contributed by atoms with van der Waals surface area (Å²) in [4.78, 5) is 11.2. The number of carbonyl (C=O) groups excluding carboxylic acids is 1. The lowest BCUT2D eigenvalue weighted by molar-refractivity contribution is 0.112. The predicted molar refractivity (Wildman–Crippen MR) is 70.1 cm³/mol. The van der Waals surface area contributed by atoms with Crippen LogP contribution in [0.25, 0.3) is 11.1 Å². The van der Waals surface area contributed by atoms with E-state index in [9.17, 15) is 9.90 Å². The number of phenolic OH excluding ortho intramolecular Hbond substituents is 1. The Bertz CT molecular complexity index is 547. The van der Waals surface area contributed by atoms with Crippen LogP contribution in [0, 0.1) is 0 Å². The van der Waals surface area contributed by atoms with E-state index in [4.69, 9.17) is 4.74 Å². The smallest absolute Gasteiger partial charge is 0.169 e. The quantitative estimate of drug-likeness (QED) is 0.837. The Morgan fingerprint density at radius 1 is 1.17 bits per heavy atom. The third-order valence-electron chi connectivity index (χ3n) is 2.68. The Morgan fingerprint density at radius 3 is 2.50 bits per heavy atom. The number of rotatable bonds is 4. The van der Waals surface area contributed by atoms with Gasteiger partial charge in [-0.25, -0.2) is 0 Å². The van der Waals surface area contributed by atoms with Crippen LogP contribution in [0.4, 0.5) is 0 Å². The van der Waals surface area contributed by atoms with Crippen LogP contribution in [-0.4, -0.2) is 18.0 Å². The van der Waals surface area contributed by atoms with Crippen LogP contribution in [-0.2, 0) is 0 Å². The number of benzene rings is 2. The molecule has 0 heterocycles. The normalized spacial score (nSPS) is 10.1. The lowest BCUT2D eigenvalue weighted by Crippen LogP contribution is -1.96. The fourth-order valence-electron chi connectivity index (χ4n) is 1.85. The van der Waals surface area contributed by atoms with Crippen LogP contribution >= 0.6 is 0 Å². The van der Waals surface area contributed by atoms with Gasteiger partial charge in [0.2, 0.25) is 0 Å². The molecule has 2 rings (SSSR count). The van der Waals surface area contributed by atoms with Crippen molar-refractivity contribution in [3.8, 4) is 22.6 Å². The van der Waals surface area contributed by atoms with Crippen molar-refractivity contribution in [2.45, 2.75) is 6.92 Å². The van der Waals surface area contributed by atoms with E-state index in [1.807, 2.05) is 37.3 Å². The SMILES string of the molecule is CCOc1ccc(-c2ccccc2)c(C=O)c1O.